The Kier molecular flexibility index (Phi) is 7.99. The van der Waals surface area contributed by atoms with Crippen LogP contribution in [0.1, 0.15) is 44.2 Å². The summed E-state index contributed by atoms with van der Waals surface area (Å²) in [5, 5.41) is 14.6. The van der Waals surface area contributed by atoms with E-state index >= 15 is 0 Å². The highest BCUT2D eigenvalue weighted by atomic mass is 16.5. The number of piperidine rings is 1. The van der Waals surface area contributed by atoms with Crippen molar-refractivity contribution >= 4 is 28.6 Å². The summed E-state index contributed by atoms with van der Waals surface area (Å²) < 4.78 is 6.33. The molecule has 0 saturated carbocycles. The highest BCUT2D eigenvalue weighted by molar-refractivity contribution is 6.02. The molecule has 5 rings (SSSR count). The van der Waals surface area contributed by atoms with Crippen LogP contribution in [0.4, 0.5) is 4.79 Å². The summed E-state index contributed by atoms with van der Waals surface area (Å²) in [4.78, 5) is 38.0. The summed E-state index contributed by atoms with van der Waals surface area (Å²) in [5.74, 6) is -0.495. The van der Waals surface area contributed by atoms with Gasteiger partial charge in [-0.3, -0.25) is 9.59 Å². The van der Waals surface area contributed by atoms with Crippen LogP contribution < -0.4 is 5.32 Å². The van der Waals surface area contributed by atoms with Gasteiger partial charge in [-0.05, 0) is 46.5 Å². The molecule has 4 aromatic rings. The fourth-order valence-electron chi connectivity index (χ4n) is 5.04. The summed E-state index contributed by atoms with van der Waals surface area (Å²) in [6, 6.07) is 30.4. The molecule has 7 heteroatoms. The number of nitrogens with one attached hydrogen (secondary N) is 1. The zero-order valence-corrected chi connectivity index (χ0v) is 21.5. The van der Waals surface area contributed by atoms with Gasteiger partial charge in [-0.1, -0.05) is 78.9 Å². The van der Waals surface area contributed by atoms with Gasteiger partial charge in [-0.2, -0.15) is 0 Å². The van der Waals surface area contributed by atoms with E-state index in [1.165, 1.54) is 4.90 Å². The SMILES string of the molecule is O=C(CNC(=O)c1ccc(C2CCN(C(=O)O)CC2OCc2ccc3ccccc3c2)cc1)c1ccccc1. The monoisotopic (exact) mass is 522 g/mol. The smallest absolute Gasteiger partial charge is 0.407 e. The van der Waals surface area contributed by atoms with Crippen LogP contribution in [0.5, 0.6) is 0 Å². The van der Waals surface area contributed by atoms with Gasteiger partial charge in [-0.15, -0.1) is 0 Å². The zero-order chi connectivity index (χ0) is 27.2. The van der Waals surface area contributed by atoms with Crippen molar-refractivity contribution in [2.24, 2.45) is 0 Å². The van der Waals surface area contributed by atoms with Crippen LogP contribution in [0.15, 0.2) is 97.1 Å². The maximum Gasteiger partial charge on any atom is 0.407 e. The Balaban J connectivity index is 1.25. The molecule has 4 aromatic carbocycles. The Bertz CT molecular complexity index is 1470. The maximum atomic E-state index is 12.6. The van der Waals surface area contributed by atoms with E-state index in [0.29, 0.717) is 30.7 Å². The van der Waals surface area contributed by atoms with Gasteiger partial charge < -0.3 is 20.1 Å². The first kappa shape index (κ1) is 26.1. The van der Waals surface area contributed by atoms with E-state index in [0.717, 1.165) is 21.9 Å². The molecule has 0 bridgehead atoms. The summed E-state index contributed by atoms with van der Waals surface area (Å²) >= 11 is 0. The quantitative estimate of drug-likeness (QED) is 0.298. The van der Waals surface area contributed by atoms with E-state index in [2.05, 4.69) is 29.6 Å². The number of likely N-dealkylation sites (tertiary alicyclic amines) is 1. The largest absolute Gasteiger partial charge is 0.465 e. The summed E-state index contributed by atoms with van der Waals surface area (Å²) in [5.41, 5.74) is 3.02. The highest BCUT2D eigenvalue weighted by Gasteiger charge is 2.33. The van der Waals surface area contributed by atoms with Crippen molar-refractivity contribution < 1.29 is 24.2 Å². The molecule has 1 fully saturated rings. The van der Waals surface area contributed by atoms with Crippen molar-refractivity contribution in [3.05, 3.63) is 119 Å². The van der Waals surface area contributed by atoms with Gasteiger partial charge in [0.05, 0.1) is 25.8 Å². The molecule has 2 unspecified atom stereocenters. The minimum Gasteiger partial charge on any atom is -0.465 e. The summed E-state index contributed by atoms with van der Waals surface area (Å²) in [6.07, 6.45) is -0.666. The number of rotatable bonds is 8. The standard InChI is InChI=1S/C32H30N2O5/c35-29(25-7-2-1-3-8-25)19-33-31(36)26-14-12-24(13-15-26)28-16-17-34(32(37)38)20-30(28)39-21-22-10-11-23-6-4-5-9-27(23)18-22/h1-15,18,28,30H,16-17,19-21H2,(H,33,36)(H,37,38). The molecule has 1 aliphatic heterocycles. The van der Waals surface area contributed by atoms with Gasteiger partial charge in [0.2, 0.25) is 0 Å². The van der Waals surface area contributed by atoms with Crippen molar-refractivity contribution in [3.8, 4) is 0 Å². The lowest BCUT2D eigenvalue weighted by molar-refractivity contribution is -0.0199. The first-order valence-corrected chi connectivity index (χ1v) is 13.0. The number of Topliss-reactive ketones (excluding diaryl/α,β-unsaturated/α-hetero) is 1. The third-order valence-corrected chi connectivity index (χ3v) is 7.21. The molecule has 0 aliphatic carbocycles. The molecule has 0 aromatic heterocycles. The first-order chi connectivity index (χ1) is 19.0. The predicted octanol–water partition coefficient (Wildman–Crippen LogP) is 5.51. The second-order valence-electron chi connectivity index (χ2n) is 9.75. The van der Waals surface area contributed by atoms with E-state index in [1.54, 1.807) is 36.4 Å². The van der Waals surface area contributed by atoms with Crippen LogP contribution in [-0.2, 0) is 11.3 Å². The number of hydrogen-bond donors (Lipinski definition) is 2. The van der Waals surface area contributed by atoms with Gasteiger partial charge in [0.25, 0.3) is 5.91 Å². The summed E-state index contributed by atoms with van der Waals surface area (Å²) in [6.45, 7) is 0.982. The van der Waals surface area contributed by atoms with E-state index in [9.17, 15) is 19.5 Å². The number of hydrogen-bond acceptors (Lipinski definition) is 4. The number of carbonyl (C=O) groups excluding carboxylic acids is 2. The molecule has 0 spiro atoms. The van der Waals surface area contributed by atoms with Gasteiger partial charge in [0, 0.05) is 23.6 Å². The topological polar surface area (TPSA) is 95.9 Å². The first-order valence-electron chi connectivity index (χ1n) is 13.0. The van der Waals surface area contributed by atoms with Crippen LogP contribution in [0.25, 0.3) is 10.8 Å². The molecular formula is C32H30N2O5. The van der Waals surface area contributed by atoms with Gasteiger partial charge in [0.15, 0.2) is 5.78 Å². The van der Waals surface area contributed by atoms with Crippen molar-refractivity contribution in [2.45, 2.75) is 25.0 Å². The number of carboxylic acid groups (broad SMARTS) is 1. The van der Waals surface area contributed by atoms with Gasteiger partial charge in [-0.25, -0.2) is 4.79 Å². The number of benzene rings is 4. The van der Waals surface area contributed by atoms with E-state index in [1.807, 2.05) is 36.4 Å². The average molecular weight is 523 g/mol. The molecule has 1 heterocycles. The predicted molar refractivity (Wildman–Crippen MR) is 149 cm³/mol. The second-order valence-corrected chi connectivity index (χ2v) is 9.75. The molecule has 1 aliphatic rings. The molecule has 2 N–H and O–H groups in total. The number of nitrogens with zero attached hydrogens (tertiary/aromatic N) is 1. The Hall–Kier alpha value is -4.49. The number of fused-ring (bicyclic) bond motifs is 1. The molecule has 0 radical (unpaired) electrons. The zero-order valence-electron chi connectivity index (χ0n) is 21.5. The summed E-state index contributed by atoms with van der Waals surface area (Å²) in [7, 11) is 0. The van der Waals surface area contributed by atoms with Crippen molar-refractivity contribution in [1.82, 2.24) is 10.2 Å². The number of ketones is 1. The van der Waals surface area contributed by atoms with E-state index < -0.39 is 6.09 Å². The van der Waals surface area contributed by atoms with E-state index in [-0.39, 0.29) is 36.8 Å². The third-order valence-electron chi connectivity index (χ3n) is 7.21. The average Bonchev–Trinajstić information content (AvgIpc) is 2.99. The minimum atomic E-state index is -0.954. The third kappa shape index (κ3) is 6.33. The van der Waals surface area contributed by atoms with Crippen molar-refractivity contribution in [2.75, 3.05) is 19.6 Å². The van der Waals surface area contributed by atoms with Crippen molar-refractivity contribution in [3.63, 3.8) is 0 Å². The normalized spacial score (nSPS) is 17.1. The van der Waals surface area contributed by atoms with Crippen LogP contribution in [-0.4, -0.2) is 53.5 Å². The van der Waals surface area contributed by atoms with Crippen LogP contribution in [0.3, 0.4) is 0 Å². The molecular weight excluding hydrogens is 492 g/mol. The minimum absolute atomic E-state index is 0.0159. The molecule has 2 amide bonds. The Morgan fingerprint density at radius 1 is 0.846 bits per heavy atom. The van der Waals surface area contributed by atoms with Crippen molar-refractivity contribution in [1.29, 1.82) is 0 Å². The molecule has 2 atom stereocenters. The fraction of sp³-hybridized carbons (Fsp3) is 0.219. The Morgan fingerprint density at radius 2 is 1.56 bits per heavy atom. The van der Waals surface area contributed by atoms with Gasteiger partial charge >= 0.3 is 6.09 Å². The molecule has 1 saturated heterocycles. The molecule has 39 heavy (non-hydrogen) atoms. The second kappa shape index (κ2) is 11.9. The number of carbonyl (C=O) groups is 3. The Morgan fingerprint density at radius 3 is 2.31 bits per heavy atom. The lowest BCUT2D eigenvalue weighted by atomic mass is 9.86. The van der Waals surface area contributed by atoms with Crippen LogP contribution in [0, 0.1) is 0 Å². The number of ether oxygens (including phenoxy) is 1. The molecule has 7 nitrogen and oxygen atoms in total. The van der Waals surface area contributed by atoms with Crippen LogP contribution >= 0.6 is 0 Å². The number of amides is 2. The lowest BCUT2D eigenvalue weighted by Gasteiger charge is -2.37. The highest BCUT2D eigenvalue weighted by Crippen LogP contribution is 2.31. The van der Waals surface area contributed by atoms with Crippen LogP contribution in [0.2, 0.25) is 0 Å². The molecule has 198 valence electrons. The Labute approximate surface area is 227 Å². The lowest BCUT2D eigenvalue weighted by Crippen LogP contribution is -2.46. The van der Waals surface area contributed by atoms with E-state index in [4.69, 9.17) is 4.74 Å². The van der Waals surface area contributed by atoms with Gasteiger partial charge in [0.1, 0.15) is 0 Å². The maximum absolute atomic E-state index is 12.6. The fourth-order valence-corrected chi connectivity index (χ4v) is 5.04.